The number of imide groups is 1. The van der Waals surface area contributed by atoms with Gasteiger partial charge >= 0.3 is 0 Å². The van der Waals surface area contributed by atoms with Gasteiger partial charge in [-0.3, -0.25) is 23.7 Å². The fourth-order valence-corrected chi connectivity index (χ4v) is 4.33. The van der Waals surface area contributed by atoms with E-state index in [9.17, 15) is 14.4 Å². The van der Waals surface area contributed by atoms with Gasteiger partial charge in [0.2, 0.25) is 11.8 Å². The van der Waals surface area contributed by atoms with Crippen molar-refractivity contribution >= 4 is 28.1 Å². The molecule has 2 aliphatic rings. The number of nitrogens with zero attached hydrogens (tertiary/aromatic N) is 3. The summed E-state index contributed by atoms with van der Waals surface area (Å²) in [6, 6.07) is 1.40. The van der Waals surface area contributed by atoms with Gasteiger partial charge in [-0.1, -0.05) is 12.8 Å². The average molecular weight is 317 g/mol. The molecule has 1 saturated carbocycles. The minimum atomic E-state index is -0.473. The van der Waals surface area contributed by atoms with E-state index in [1.165, 1.54) is 26.7 Å². The van der Waals surface area contributed by atoms with E-state index in [-0.39, 0.29) is 23.9 Å². The molecule has 114 valence electrons. The van der Waals surface area contributed by atoms with Gasteiger partial charge in [0, 0.05) is 24.1 Å². The fourth-order valence-electron chi connectivity index (χ4n) is 3.59. The van der Waals surface area contributed by atoms with E-state index in [2.05, 4.69) is 4.98 Å². The molecule has 22 heavy (non-hydrogen) atoms. The van der Waals surface area contributed by atoms with Crippen LogP contribution in [-0.4, -0.2) is 26.1 Å². The second-order valence-electron chi connectivity index (χ2n) is 6.09. The molecule has 7 heteroatoms. The highest BCUT2D eigenvalue weighted by Gasteiger charge is 2.52. The molecule has 2 aromatic heterocycles. The highest BCUT2D eigenvalue weighted by molar-refractivity contribution is 7.15. The van der Waals surface area contributed by atoms with Crippen LogP contribution in [0.5, 0.6) is 0 Å². The molecule has 1 aliphatic carbocycles. The zero-order chi connectivity index (χ0) is 15.3. The summed E-state index contributed by atoms with van der Waals surface area (Å²) in [5.41, 5.74) is -0.181. The van der Waals surface area contributed by atoms with Crippen LogP contribution in [0, 0.1) is 5.41 Å². The largest absolute Gasteiger partial charge is 0.276 e. The number of amides is 2. The van der Waals surface area contributed by atoms with Crippen molar-refractivity contribution in [1.82, 2.24) is 14.3 Å². The Morgan fingerprint density at radius 3 is 2.77 bits per heavy atom. The van der Waals surface area contributed by atoms with E-state index in [0.29, 0.717) is 17.1 Å². The zero-order valence-corrected chi connectivity index (χ0v) is 12.8. The van der Waals surface area contributed by atoms with Gasteiger partial charge < -0.3 is 0 Å². The normalized spacial score (nSPS) is 20.6. The smallest absolute Gasteiger partial charge is 0.258 e. The standard InChI is InChI=1S/C15H15N3O3S/c19-11-7-10(16-14-17(11)5-6-22-14)9-18-12(20)8-15(13(18)21)3-1-2-4-15/h5-7H,1-4,8-9H2. The lowest BCUT2D eigenvalue weighted by Crippen LogP contribution is -2.34. The third-order valence-corrected chi connectivity index (χ3v) is 5.48. The Hall–Kier alpha value is -2.02. The van der Waals surface area contributed by atoms with Crippen molar-refractivity contribution in [3.63, 3.8) is 0 Å². The molecule has 3 heterocycles. The Labute approximate surface area is 130 Å². The zero-order valence-electron chi connectivity index (χ0n) is 11.9. The first-order valence-corrected chi connectivity index (χ1v) is 8.28. The van der Waals surface area contributed by atoms with Crippen molar-refractivity contribution in [2.24, 2.45) is 5.41 Å². The molecule has 1 aliphatic heterocycles. The van der Waals surface area contributed by atoms with E-state index >= 15 is 0 Å². The first-order valence-electron chi connectivity index (χ1n) is 7.40. The lowest BCUT2D eigenvalue weighted by atomic mass is 9.84. The quantitative estimate of drug-likeness (QED) is 0.788. The van der Waals surface area contributed by atoms with Crippen LogP contribution in [0.2, 0.25) is 0 Å². The van der Waals surface area contributed by atoms with Crippen molar-refractivity contribution in [3.8, 4) is 0 Å². The number of hydrogen-bond donors (Lipinski definition) is 0. The molecule has 4 rings (SSSR count). The van der Waals surface area contributed by atoms with Gasteiger partial charge in [0.25, 0.3) is 5.56 Å². The minimum absolute atomic E-state index is 0.0804. The molecule has 1 spiro atoms. The topological polar surface area (TPSA) is 71.8 Å². The monoisotopic (exact) mass is 317 g/mol. The summed E-state index contributed by atoms with van der Waals surface area (Å²) in [4.78, 5) is 43.1. The number of likely N-dealkylation sites (tertiary alicyclic amines) is 1. The van der Waals surface area contributed by atoms with Gasteiger partial charge in [-0.15, -0.1) is 11.3 Å². The highest BCUT2D eigenvalue weighted by atomic mass is 32.1. The van der Waals surface area contributed by atoms with E-state index < -0.39 is 5.41 Å². The highest BCUT2D eigenvalue weighted by Crippen LogP contribution is 2.47. The van der Waals surface area contributed by atoms with Crippen LogP contribution in [0.25, 0.3) is 4.96 Å². The van der Waals surface area contributed by atoms with Gasteiger partial charge in [-0.05, 0) is 12.8 Å². The van der Waals surface area contributed by atoms with Crippen LogP contribution in [0.4, 0.5) is 0 Å². The lowest BCUT2D eigenvalue weighted by Gasteiger charge is -2.20. The summed E-state index contributed by atoms with van der Waals surface area (Å²) in [6.07, 6.45) is 5.59. The summed E-state index contributed by atoms with van der Waals surface area (Å²) in [5.74, 6) is -0.219. The maximum atomic E-state index is 12.6. The molecule has 2 fully saturated rings. The van der Waals surface area contributed by atoms with Gasteiger partial charge in [0.15, 0.2) is 4.96 Å². The maximum absolute atomic E-state index is 12.6. The van der Waals surface area contributed by atoms with Crippen LogP contribution in [-0.2, 0) is 16.1 Å². The fraction of sp³-hybridized carbons (Fsp3) is 0.467. The Kier molecular flexibility index (Phi) is 2.94. The molecule has 6 nitrogen and oxygen atoms in total. The van der Waals surface area contributed by atoms with Gasteiger partial charge in [-0.25, -0.2) is 4.98 Å². The summed E-state index contributed by atoms with van der Waals surface area (Å²) in [6.45, 7) is 0.100. The van der Waals surface area contributed by atoms with Crippen LogP contribution in [0.15, 0.2) is 22.4 Å². The molecule has 0 aromatic carbocycles. The number of carbonyl (C=O) groups excluding carboxylic acids is 2. The van der Waals surface area contributed by atoms with Crippen molar-refractivity contribution in [2.45, 2.75) is 38.6 Å². The average Bonchev–Trinajstić information content (AvgIpc) is 3.17. The Balaban J connectivity index is 1.66. The van der Waals surface area contributed by atoms with Crippen LogP contribution in [0.3, 0.4) is 0 Å². The van der Waals surface area contributed by atoms with Crippen molar-refractivity contribution < 1.29 is 9.59 Å². The van der Waals surface area contributed by atoms with Crippen LogP contribution >= 0.6 is 11.3 Å². The van der Waals surface area contributed by atoms with E-state index in [1.54, 1.807) is 11.6 Å². The summed E-state index contributed by atoms with van der Waals surface area (Å²) in [5, 5.41) is 1.78. The summed E-state index contributed by atoms with van der Waals surface area (Å²) < 4.78 is 1.46. The predicted molar refractivity (Wildman–Crippen MR) is 80.4 cm³/mol. The molecule has 2 aromatic rings. The first kappa shape index (κ1) is 13.6. The lowest BCUT2D eigenvalue weighted by molar-refractivity contribution is -0.142. The molecule has 0 radical (unpaired) electrons. The molecular formula is C15H15N3O3S. The first-order chi connectivity index (χ1) is 10.6. The minimum Gasteiger partial charge on any atom is -0.276 e. The summed E-state index contributed by atoms with van der Waals surface area (Å²) in [7, 11) is 0. The van der Waals surface area contributed by atoms with Gasteiger partial charge in [-0.2, -0.15) is 0 Å². The van der Waals surface area contributed by atoms with Crippen LogP contribution < -0.4 is 5.56 Å². The van der Waals surface area contributed by atoms with E-state index in [4.69, 9.17) is 0 Å². The van der Waals surface area contributed by atoms with E-state index in [1.807, 2.05) is 0 Å². The number of carbonyl (C=O) groups is 2. The third-order valence-electron chi connectivity index (χ3n) is 4.73. The summed E-state index contributed by atoms with van der Waals surface area (Å²) >= 11 is 1.36. The van der Waals surface area contributed by atoms with Crippen molar-refractivity contribution in [2.75, 3.05) is 0 Å². The third kappa shape index (κ3) is 1.92. The molecule has 0 bridgehead atoms. The predicted octanol–water partition coefficient (Wildman–Crippen LogP) is 1.58. The van der Waals surface area contributed by atoms with Gasteiger partial charge in [0.05, 0.1) is 17.7 Å². The number of rotatable bonds is 2. The molecule has 1 saturated heterocycles. The number of thiazole rings is 1. The Morgan fingerprint density at radius 2 is 2.00 bits per heavy atom. The van der Waals surface area contributed by atoms with Crippen molar-refractivity contribution in [3.05, 3.63) is 33.7 Å². The molecule has 0 unspecified atom stereocenters. The second kappa shape index (κ2) is 4.74. The Morgan fingerprint density at radius 1 is 1.23 bits per heavy atom. The molecular weight excluding hydrogens is 302 g/mol. The van der Waals surface area contributed by atoms with Crippen LogP contribution in [0.1, 0.15) is 37.8 Å². The second-order valence-corrected chi connectivity index (χ2v) is 6.96. The van der Waals surface area contributed by atoms with Crippen molar-refractivity contribution in [1.29, 1.82) is 0 Å². The van der Waals surface area contributed by atoms with E-state index in [0.717, 1.165) is 25.7 Å². The Bertz CT molecular complexity index is 832. The number of fused-ring (bicyclic) bond motifs is 1. The molecule has 2 amide bonds. The number of aromatic nitrogens is 2. The van der Waals surface area contributed by atoms with Gasteiger partial charge in [0.1, 0.15) is 0 Å². The molecule has 0 N–H and O–H groups in total. The SMILES string of the molecule is O=C1CC2(CCCC2)C(=O)N1Cc1cc(=O)n2ccsc2n1. The molecule has 0 atom stereocenters. The maximum Gasteiger partial charge on any atom is 0.258 e. The number of hydrogen-bond acceptors (Lipinski definition) is 5.